The van der Waals surface area contributed by atoms with Crippen LogP contribution in [-0.4, -0.2) is 14.7 Å². The minimum absolute atomic E-state index is 0.383. The summed E-state index contributed by atoms with van der Waals surface area (Å²) in [6.45, 7) is 2.38. The lowest BCUT2D eigenvalue weighted by Crippen LogP contribution is -2.02. The molecule has 1 N–H and O–H groups in total. The van der Waals surface area contributed by atoms with E-state index in [0.717, 1.165) is 17.8 Å². The van der Waals surface area contributed by atoms with E-state index in [-0.39, 0.29) is 0 Å². The topological polar surface area (TPSA) is 73.0 Å². The van der Waals surface area contributed by atoms with Gasteiger partial charge in [-0.1, -0.05) is 13.0 Å². The normalized spacial score (nSPS) is 10.6. The minimum Gasteiger partial charge on any atom is -0.378 e. The number of halogens is 1. The predicted molar refractivity (Wildman–Crippen MR) is 73.0 cm³/mol. The van der Waals surface area contributed by atoms with E-state index >= 15 is 0 Å². The summed E-state index contributed by atoms with van der Waals surface area (Å²) in [5.41, 5.74) is 1.94. The number of nitro groups is 1. The van der Waals surface area contributed by atoms with Gasteiger partial charge in [-0.15, -0.1) is 0 Å². The fourth-order valence-electron chi connectivity index (χ4n) is 1.95. The van der Waals surface area contributed by atoms with E-state index in [4.69, 9.17) is 0 Å². The molecule has 0 spiro atoms. The fourth-order valence-corrected chi connectivity index (χ4v) is 1.95. The molecule has 6 nitrogen and oxygen atoms in total. The van der Waals surface area contributed by atoms with Crippen molar-refractivity contribution in [3.8, 4) is 0 Å². The second-order valence-electron chi connectivity index (χ2n) is 4.41. The third-order valence-corrected chi connectivity index (χ3v) is 2.93. The molecule has 1 heterocycles. The first-order valence-electron chi connectivity index (χ1n) is 6.20. The molecule has 0 amide bonds. The van der Waals surface area contributed by atoms with Gasteiger partial charge in [0.15, 0.2) is 0 Å². The molecular weight excluding hydrogens is 263 g/mol. The fraction of sp³-hybridized carbons (Fsp3) is 0.308. The Bertz CT molecular complexity index is 639. The molecule has 106 valence electrons. The standard InChI is InChI=1S/C13H15FN4O2/c1-3-11-12(8-17(2)16-11)15-7-9-4-5-13(18(19)20)10(14)6-9/h4-6,8,15H,3,7H2,1-2H3. The number of hydrogen-bond donors (Lipinski definition) is 1. The molecule has 20 heavy (non-hydrogen) atoms. The summed E-state index contributed by atoms with van der Waals surface area (Å²) in [4.78, 5) is 9.80. The lowest BCUT2D eigenvalue weighted by atomic mass is 10.2. The summed E-state index contributed by atoms with van der Waals surface area (Å²) in [7, 11) is 1.83. The molecule has 0 aliphatic rings. The van der Waals surface area contributed by atoms with Crippen molar-refractivity contribution in [2.24, 2.45) is 7.05 Å². The van der Waals surface area contributed by atoms with Crippen molar-refractivity contribution in [2.45, 2.75) is 19.9 Å². The number of aromatic nitrogens is 2. The second-order valence-corrected chi connectivity index (χ2v) is 4.41. The predicted octanol–water partition coefficient (Wildman–Crippen LogP) is 2.64. The van der Waals surface area contributed by atoms with Crippen molar-refractivity contribution in [3.05, 3.63) is 51.6 Å². The van der Waals surface area contributed by atoms with Crippen molar-refractivity contribution >= 4 is 11.4 Å². The molecule has 2 rings (SSSR count). The number of benzene rings is 1. The van der Waals surface area contributed by atoms with Crippen LogP contribution in [-0.2, 0) is 20.0 Å². The molecule has 0 bridgehead atoms. The second kappa shape index (κ2) is 5.68. The van der Waals surface area contributed by atoms with Gasteiger partial charge in [0.2, 0.25) is 5.82 Å². The van der Waals surface area contributed by atoms with E-state index < -0.39 is 16.4 Å². The van der Waals surface area contributed by atoms with Crippen molar-refractivity contribution < 1.29 is 9.31 Å². The molecule has 0 unspecified atom stereocenters. The van der Waals surface area contributed by atoms with Gasteiger partial charge < -0.3 is 5.32 Å². The average Bonchev–Trinajstić information content (AvgIpc) is 2.76. The third kappa shape index (κ3) is 2.93. The Morgan fingerprint density at radius 1 is 1.50 bits per heavy atom. The zero-order valence-electron chi connectivity index (χ0n) is 11.3. The quantitative estimate of drug-likeness (QED) is 0.674. The lowest BCUT2D eigenvalue weighted by Gasteiger charge is -2.06. The minimum atomic E-state index is -0.823. The van der Waals surface area contributed by atoms with Crippen LogP contribution in [0.15, 0.2) is 24.4 Å². The maximum atomic E-state index is 13.5. The largest absolute Gasteiger partial charge is 0.378 e. The highest BCUT2D eigenvalue weighted by atomic mass is 19.1. The zero-order chi connectivity index (χ0) is 14.7. The van der Waals surface area contributed by atoms with Crippen LogP contribution < -0.4 is 5.32 Å². The molecule has 0 atom stereocenters. The van der Waals surface area contributed by atoms with Gasteiger partial charge in [0.25, 0.3) is 0 Å². The Balaban J connectivity index is 2.11. The van der Waals surface area contributed by atoms with Gasteiger partial charge in [-0.2, -0.15) is 9.49 Å². The third-order valence-electron chi connectivity index (χ3n) is 2.93. The number of rotatable bonds is 5. The summed E-state index contributed by atoms with van der Waals surface area (Å²) >= 11 is 0. The molecule has 2 aromatic rings. The van der Waals surface area contributed by atoms with Crippen LogP contribution >= 0.6 is 0 Å². The molecule has 1 aromatic carbocycles. The van der Waals surface area contributed by atoms with Gasteiger partial charge in [0, 0.05) is 25.9 Å². The molecule has 0 fully saturated rings. The molecule has 7 heteroatoms. The Morgan fingerprint density at radius 3 is 2.85 bits per heavy atom. The summed E-state index contributed by atoms with van der Waals surface area (Å²) < 4.78 is 15.2. The SMILES string of the molecule is CCc1nn(C)cc1NCc1ccc([N+](=O)[O-])c(F)c1. The van der Waals surface area contributed by atoms with Crippen LogP contribution in [0.4, 0.5) is 15.8 Å². The Morgan fingerprint density at radius 2 is 2.25 bits per heavy atom. The first kappa shape index (κ1) is 14.0. The summed E-state index contributed by atoms with van der Waals surface area (Å²) in [6.07, 6.45) is 2.64. The van der Waals surface area contributed by atoms with Gasteiger partial charge in [0.1, 0.15) is 0 Å². The smallest absolute Gasteiger partial charge is 0.304 e. The number of anilines is 1. The molecule has 0 saturated carbocycles. The van der Waals surface area contributed by atoms with Crippen molar-refractivity contribution in [3.63, 3.8) is 0 Å². The number of nitrogens with zero attached hydrogens (tertiary/aromatic N) is 3. The monoisotopic (exact) mass is 278 g/mol. The van der Waals surface area contributed by atoms with Crippen LogP contribution in [0.5, 0.6) is 0 Å². The molecule has 0 radical (unpaired) electrons. The number of nitrogens with one attached hydrogen (secondary N) is 1. The number of nitro benzene ring substituents is 1. The maximum Gasteiger partial charge on any atom is 0.304 e. The van der Waals surface area contributed by atoms with Crippen LogP contribution in [0.3, 0.4) is 0 Å². The average molecular weight is 278 g/mol. The summed E-state index contributed by atoms with van der Waals surface area (Å²) in [6, 6.07) is 3.89. The molecule has 1 aromatic heterocycles. The summed E-state index contributed by atoms with van der Waals surface area (Å²) in [5, 5.41) is 18.0. The summed E-state index contributed by atoms with van der Waals surface area (Å²) in [5.74, 6) is -0.823. The molecule has 0 aliphatic carbocycles. The number of aryl methyl sites for hydroxylation is 2. The molecular formula is C13H15FN4O2. The zero-order valence-corrected chi connectivity index (χ0v) is 11.3. The van der Waals surface area contributed by atoms with E-state index in [1.807, 2.05) is 20.2 Å². The Hall–Kier alpha value is -2.44. The first-order valence-corrected chi connectivity index (χ1v) is 6.20. The maximum absolute atomic E-state index is 13.5. The van der Waals surface area contributed by atoms with Crippen molar-refractivity contribution in [1.82, 2.24) is 9.78 Å². The van der Waals surface area contributed by atoms with Crippen molar-refractivity contribution in [1.29, 1.82) is 0 Å². The van der Waals surface area contributed by atoms with E-state index in [9.17, 15) is 14.5 Å². The van der Waals surface area contributed by atoms with Crippen LogP contribution in [0.2, 0.25) is 0 Å². The van der Waals surface area contributed by atoms with Gasteiger partial charge in [-0.25, -0.2) is 0 Å². The highest BCUT2D eigenvalue weighted by Crippen LogP contribution is 2.20. The Labute approximate surface area is 115 Å². The number of hydrogen-bond acceptors (Lipinski definition) is 4. The Kier molecular flexibility index (Phi) is 3.97. The van der Waals surface area contributed by atoms with Crippen LogP contribution in [0, 0.1) is 15.9 Å². The van der Waals surface area contributed by atoms with E-state index in [1.54, 1.807) is 4.68 Å². The van der Waals surface area contributed by atoms with E-state index in [1.165, 1.54) is 18.2 Å². The van der Waals surface area contributed by atoms with E-state index in [2.05, 4.69) is 10.4 Å². The lowest BCUT2D eigenvalue weighted by molar-refractivity contribution is -0.387. The van der Waals surface area contributed by atoms with E-state index in [0.29, 0.717) is 12.1 Å². The molecule has 0 saturated heterocycles. The van der Waals surface area contributed by atoms with Gasteiger partial charge in [0.05, 0.1) is 16.3 Å². The van der Waals surface area contributed by atoms with Gasteiger partial charge >= 0.3 is 5.69 Å². The highest BCUT2D eigenvalue weighted by molar-refractivity contribution is 5.47. The van der Waals surface area contributed by atoms with Crippen LogP contribution in [0.25, 0.3) is 0 Å². The molecule has 0 aliphatic heterocycles. The highest BCUT2D eigenvalue weighted by Gasteiger charge is 2.14. The van der Waals surface area contributed by atoms with Gasteiger partial charge in [-0.05, 0) is 18.1 Å². The van der Waals surface area contributed by atoms with Crippen LogP contribution in [0.1, 0.15) is 18.2 Å². The first-order chi connectivity index (χ1) is 9.51. The van der Waals surface area contributed by atoms with Gasteiger partial charge in [-0.3, -0.25) is 14.8 Å². The van der Waals surface area contributed by atoms with Crippen molar-refractivity contribution in [2.75, 3.05) is 5.32 Å².